The third-order valence-electron chi connectivity index (χ3n) is 3.43. The van der Waals surface area contributed by atoms with E-state index in [1.807, 2.05) is 6.07 Å². The number of carbonyl (C=O) groups is 1. The molecule has 4 nitrogen and oxygen atoms in total. The van der Waals surface area contributed by atoms with E-state index >= 15 is 0 Å². The van der Waals surface area contributed by atoms with E-state index in [9.17, 15) is 4.79 Å². The third-order valence-corrected chi connectivity index (χ3v) is 3.43. The highest BCUT2D eigenvalue weighted by molar-refractivity contribution is 5.73. The average Bonchev–Trinajstić information content (AvgIpc) is 2.37. The van der Waals surface area contributed by atoms with Gasteiger partial charge in [0.25, 0.3) is 0 Å². The Labute approximate surface area is 108 Å². The molecule has 1 aliphatic rings. The van der Waals surface area contributed by atoms with Gasteiger partial charge in [-0.25, -0.2) is 4.79 Å². The van der Waals surface area contributed by atoms with Gasteiger partial charge in [0, 0.05) is 12.2 Å². The number of hydrogen-bond acceptors (Lipinski definition) is 2. The van der Waals surface area contributed by atoms with Crippen molar-refractivity contribution >= 4 is 11.7 Å². The van der Waals surface area contributed by atoms with Crippen LogP contribution in [0.2, 0.25) is 0 Å². The van der Waals surface area contributed by atoms with Crippen LogP contribution < -0.4 is 16.0 Å². The van der Waals surface area contributed by atoms with E-state index in [1.54, 1.807) is 0 Å². The lowest BCUT2D eigenvalue weighted by molar-refractivity contribution is 0.243. The number of anilines is 1. The molecule has 1 unspecified atom stereocenters. The van der Waals surface area contributed by atoms with Gasteiger partial charge in [0.1, 0.15) is 6.17 Å². The van der Waals surface area contributed by atoms with Crippen molar-refractivity contribution in [3.8, 4) is 0 Å². The number of carbonyl (C=O) groups excluding carboxylic acids is 1. The largest absolute Gasteiger partial charge is 0.352 e. The first kappa shape index (κ1) is 12.7. The number of rotatable bonds is 4. The van der Waals surface area contributed by atoms with Crippen LogP contribution in [0.25, 0.3) is 0 Å². The fourth-order valence-electron chi connectivity index (χ4n) is 2.54. The number of nitrogens with two attached hydrogens (primary N) is 1. The minimum Gasteiger partial charge on any atom is -0.352 e. The van der Waals surface area contributed by atoms with E-state index in [4.69, 9.17) is 5.73 Å². The molecule has 1 atom stereocenters. The van der Waals surface area contributed by atoms with Crippen molar-refractivity contribution in [3.05, 3.63) is 29.8 Å². The lowest BCUT2D eigenvalue weighted by Crippen LogP contribution is -2.52. The molecule has 0 saturated heterocycles. The number of amides is 2. The van der Waals surface area contributed by atoms with Crippen molar-refractivity contribution in [1.29, 1.82) is 0 Å². The molecule has 1 aromatic rings. The first-order valence-corrected chi connectivity index (χ1v) is 6.63. The quantitative estimate of drug-likeness (QED) is 0.857. The van der Waals surface area contributed by atoms with Crippen LogP contribution in [-0.2, 0) is 6.42 Å². The van der Waals surface area contributed by atoms with Crippen LogP contribution in [0.15, 0.2) is 24.3 Å². The maximum absolute atomic E-state index is 11.1. The van der Waals surface area contributed by atoms with Crippen LogP contribution in [0.1, 0.15) is 31.7 Å². The van der Waals surface area contributed by atoms with Crippen molar-refractivity contribution in [1.82, 2.24) is 5.32 Å². The first-order chi connectivity index (χ1) is 8.72. The predicted octanol–water partition coefficient (Wildman–Crippen LogP) is 2.23. The smallest absolute Gasteiger partial charge is 0.313 e. The van der Waals surface area contributed by atoms with Gasteiger partial charge in [0.2, 0.25) is 0 Å². The Bertz CT molecular complexity index is 419. The zero-order chi connectivity index (χ0) is 13.0. The molecule has 1 heterocycles. The fourth-order valence-corrected chi connectivity index (χ4v) is 2.54. The van der Waals surface area contributed by atoms with Crippen LogP contribution >= 0.6 is 0 Å². The lowest BCUT2D eigenvalue weighted by Gasteiger charge is -2.39. The highest BCUT2D eigenvalue weighted by atomic mass is 16.2. The topological polar surface area (TPSA) is 58.4 Å². The highest BCUT2D eigenvalue weighted by Crippen LogP contribution is 2.29. The molecular formula is C14H21N3O. The second kappa shape index (κ2) is 5.76. The number of urea groups is 1. The molecule has 0 bridgehead atoms. The Morgan fingerprint density at radius 3 is 3.00 bits per heavy atom. The molecule has 3 N–H and O–H groups in total. The molecule has 2 amide bonds. The van der Waals surface area contributed by atoms with Crippen molar-refractivity contribution in [2.24, 2.45) is 5.73 Å². The molecule has 2 rings (SSSR count). The van der Waals surface area contributed by atoms with Gasteiger partial charge in [-0.15, -0.1) is 0 Å². The Balaban J connectivity index is 2.21. The average molecular weight is 247 g/mol. The molecule has 0 radical (unpaired) electrons. The summed E-state index contributed by atoms with van der Waals surface area (Å²) in [4.78, 5) is 13.4. The van der Waals surface area contributed by atoms with Crippen LogP contribution in [0.3, 0.4) is 0 Å². The summed E-state index contributed by atoms with van der Waals surface area (Å²) in [5.74, 6) is 0. The van der Waals surface area contributed by atoms with Crippen LogP contribution in [0.4, 0.5) is 10.5 Å². The van der Waals surface area contributed by atoms with Gasteiger partial charge in [-0.3, -0.25) is 0 Å². The molecule has 0 saturated carbocycles. The molecular weight excluding hydrogens is 226 g/mol. The van der Waals surface area contributed by atoms with Gasteiger partial charge >= 0.3 is 6.03 Å². The number of primary amides is 1. The van der Waals surface area contributed by atoms with Crippen molar-refractivity contribution < 1.29 is 4.79 Å². The first-order valence-electron chi connectivity index (χ1n) is 6.63. The molecule has 1 aromatic carbocycles. The number of para-hydroxylation sites is 1. The van der Waals surface area contributed by atoms with E-state index in [0.29, 0.717) is 0 Å². The molecule has 4 heteroatoms. The Morgan fingerprint density at radius 1 is 1.50 bits per heavy atom. The van der Waals surface area contributed by atoms with Crippen molar-refractivity contribution in [3.63, 3.8) is 0 Å². The Hall–Kier alpha value is -1.71. The number of nitrogens with zero attached hydrogens (tertiary/aromatic N) is 1. The van der Waals surface area contributed by atoms with E-state index in [0.717, 1.165) is 32.2 Å². The van der Waals surface area contributed by atoms with Gasteiger partial charge in [-0.1, -0.05) is 31.5 Å². The summed E-state index contributed by atoms with van der Waals surface area (Å²) in [6, 6.07) is 7.96. The van der Waals surface area contributed by atoms with E-state index in [1.165, 1.54) is 11.3 Å². The second-order valence-electron chi connectivity index (χ2n) is 4.74. The van der Waals surface area contributed by atoms with Gasteiger partial charge in [-0.2, -0.15) is 0 Å². The fraction of sp³-hybridized carbons (Fsp3) is 0.500. The minimum absolute atomic E-state index is 0.0314. The summed E-state index contributed by atoms with van der Waals surface area (Å²) >= 11 is 0. The van der Waals surface area contributed by atoms with Gasteiger partial charge in [-0.05, 0) is 30.9 Å². The molecule has 98 valence electrons. The monoisotopic (exact) mass is 247 g/mol. The number of fused-ring (bicyclic) bond motifs is 1. The maximum Gasteiger partial charge on any atom is 0.313 e. The zero-order valence-corrected chi connectivity index (χ0v) is 10.9. The molecule has 1 aliphatic heterocycles. The summed E-state index contributed by atoms with van der Waals surface area (Å²) in [6.45, 7) is 3.13. The number of hydrogen-bond donors (Lipinski definition) is 2. The number of unbranched alkanes of at least 4 members (excludes halogenated alkanes) is 1. The minimum atomic E-state index is -0.444. The summed E-state index contributed by atoms with van der Waals surface area (Å²) in [7, 11) is 0. The summed E-state index contributed by atoms with van der Waals surface area (Å²) in [6.07, 6.45) is 4.20. The standard InChI is InChI=1S/C14H21N3O/c1-2-3-10-17-12-7-5-4-6-11(12)8-9-13(17)16-14(15)18/h4-7,13H,2-3,8-10H2,1H3,(H3,15,16,18). The molecule has 18 heavy (non-hydrogen) atoms. The predicted molar refractivity (Wildman–Crippen MR) is 73.5 cm³/mol. The Kier molecular flexibility index (Phi) is 4.07. The summed E-state index contributed by atoms with van der Waals surface area (Å²) in [5.41, 5.74) is 7.85. The van der Waals surface area contributed by atoms with Gasteiger partial charge < -0.3 is 16.0 Å². The number of nitrogens with one attached hydrogen (secondary N) is 1. The van der Waals surface area contributed by atoms with Crippen molar-refractivity contribution in [2.45, 2.75) is 38.8 Å². The number of benzene rings is 1. The maximum atomic E-state index is 11.1. The van der Waals surface area contributed by atoms with E-state index in [-0.39, 0.29) is 6.17 Å². The van der Waals surface area contributed by atoms with Crippen LogP contribution in [0, 0.1) is 0 Å². The van der Waals surface area contributed by atoms with E-state index in [2.05, 4.69) is 35.3 Å². The number of aryl methyl sites for hydroxylation is 1. The van der Waals surface area contributed by atoms with Crippen LogP contribution in [0.5, 0.6) is 0 Å². The van der Waals surface area contributed by atoms with Crippen molar-refractivity contribution in [2.75, 3.05) is 11.4 Å². The molecule has 0 aromatic heterocycles. The normalized spacial score (nSPS) is 18.3. The molecule has 0 spiro atoms. The molecule has 0 fully saturated rings. The highest BCUT2D eigenvalue weighted by Gasteiger charge is 2.25. The van der Waals surface area contributed by atoms with Gasteiger partial charge in [0.05, 0.1) is 0 Å². The summed E-state index contributed by atoms with van der Waals surface area (Å²) in [5, 5.41) is 2.85. The molecule has 0 aliphatic carbocycles. The van der Waals surface area contributed by atoms with Gasteiger partial charge in [0.15, 0.2) is 0 Å². The second-order valence-corrected chi connectivity index (χ2v) is 4.74. The summed E-state index contributed by atoms with van der Waals surface area (Å²) < 4.78 is 0. The third kappa shape index (κ3) is 2.75. The lowest BCUT2D eigenvalue weighted by atomic mass is 9.99. The van der Waals surface area contributed by atoms with E-state index < -0.39 is 6.03 Å². The Morgan fingerprint density at radius 2 is 2.28 bits per heavy atom. The SMILES string of the molecule is CCCCN1c2ccccc2CCC1NC(N)=O. The van der Waals surface area contributed by atoms with Crippen LogP contribution in [-0.4, -0.2) is 18.7 Å². The zero-order valence-electron chi connectivity index (χ0n) is 10.9.